The lowest BCUT2D eigenvalue weighted by Gasteiger charge is -2.39. The van der Waals surface area contributed by atoms with E-state index in [9.17, 15) is 0 Å². The Balaban J connectivity index is 2.19. The van der Waals surface area contributed by atoms with Gasteiger partial charge < -0.3 is 10.6 Å². The first-order chi connectivity index (χ1) is 7.93. The van der Waals surface area contributed by atoms with Crippen LogP contribution in [0.2, 0.25) is 0 Å². The van der Waals surface area contributed by atoms with Gasteiger partial charge in [0.25, 0.3) is 0 Å². The maximum absolute atomic E-state index is 6.07. The first-order valence-corrected chi connectivity index (χ1v) is 7.41. The Bertz CT molecular complexity index is 199. The maximum atomic E-state index is 6.07. The van der Waals surface area contributed by atoms with Gasteiger partial charge in [-0.25, -0.2) is 0 Å². The van der Waals surface area contributed by atoms with Gasteiger partial charge in [0.2, 0.25) is 0 Å². The third kappa shape index (κ3) is 5.39. The number of nitrogens with two attached hydrogens (primary N) is 1. The molecule has 0 aromatic carbocycles. The quantitative estimate of drug-likeness (QED) is 0.799. The van der Waals surface area contributed by atoms with Crippen molar-refractivity contribution in [2.45, 2.75) is 65.8 Å². The Labute approximate surface area is 108 Å². The third-order valence-corrected chi connectivity index (χ3v) is 4.29. The van der Waals surface area contributed by atoms with E-state index in [1.54, 1.807) is 0 Å². The summed E-state index contributed by atoms with van der Waals surface area (Å²) in [5.41, 5.74) is 6.56. The van der Waals surface area contributed by atoms with E-state index in [1.807, 2.05) is 0 Å². The molecule has 17 heavy (non-hydrogen) atoms. The molecule has 0 radical (unpaired) electrons. The summed E-state index contributed by atoms with van der Waals surface area (Å²) in [6, 6.07) is 0.417. The Morgan fingerprint density at radius 2 is 1.76 bits per heavy atom. The molecular weight excluding hydrogens is 208 g/mol. The van der Waals surface area contributed by atoms with E-state index >= 15 is 0 Å². The zero-order valence-electron chi connectivity index (χ0n) is 12.3. The fourth-order valence-electron chi connectivity index (χ4n) is 2.89. The summed E-state index contributed by atoms with van der Waals surface area (Å²) in [6.45, 7) is 13.1. The Hall–Kier alpha value is -0.0800. The van der Waals surface area contributed by atoms with Gasteiger partial charge in [-0.15, -0.1) is 0 Å². The van der Waals surface area contributed by atoms with E-state index in [1.165, 1.54) is 51.7 Å². The van der Waals surface area contributed by atoms with Crippen molar-refractivity contribution in [3.05, 3.63) is 0 Å². The van der Waals surface area contributed by atoms with Crippen LogP contribution in [0.4, 0.5) is 0 Å². The monoisotopic (exact) mass is 240 g/mol. The molecule has 0 amide bonds. The van der Waals surface area contributed by atoms with Gasteiger partial charge in [0.1, 0.15) is 0 Å². The van der Waals surface area contributed by atoms with Crippen LogP contribution in [0.3, 0.4) is 0 Å². The molecule has 0 aliphatic carbocycles. The minimum absolute atomic E-state index is 0.417. The predicted molar refractivity (Wildman–Crippen MR) is 76.1 cm³/mol. The molecule has 1 aliphatic heterocycles. The molecule has 0 aromatic rings. The van der Waals surface area contributed by atoms with E-state index in [-0.39, 0.29) is 0 Å². The lowest BCUT2D eigenvalue weighted by molar-refractivity contribution is 0.110. The van der Waals surface area contributed by atoms with Crippen LogP contribution in [0, 0.1) is 11.3 Å². The van der Waals surface area contributed by atoms with Gasteiger partial charge >= 0.3 is 0 Å². The summed E-state index contributed by atoms with van der Waals surface area (Å²) in [5.74, 6) is 0.906. The van der Waals surface area contributed by atoms with Crippen LogP contribution < -0.4 is 5.73 Å². The molecule has 1 unspecified atom stereocenters. The second kappa shape index (κ2) is 6.75. The molecule has 0 spiro atoms. The molecule has 102 valence electrons. The topological polar surface area (TPSA) is 29.3 Å². The van der Waals surface area contributed by atoms with Gasteiger partial charge in [0, 0.05) is 6.04 Å². The summed E-state index contributed by atoms with van der Waals surface area (Å²) < 4.78 is 0. The van der Waals surface area contributed by atoms with Crippen LogP contribution >= 0.6 is 0 Å². The van der Waals surface area contributed by atoms with Gasteiger partial charge in [-0.05, 0) is 56.7 Å². The molecule has 1 aliphatic rings. The number of hydrogen-bond acceptors (Lipinski definition) is 2. The van der Waals surface area contributed by atoms with E-state index in [0.29, 0.717) is 11.5 Å². The van der Waals surface area contributed by atoms with E-state index < -0.39 is 0 Å². The maximum Gasteiger partial charge on any atom is 0.00509 e. The zero-order valence-corrected chi connectivity index (χ0v) is 12.3. The Morgan fingerprint density at radius 3 is 2.24 bits per heavy atom. The first-order valence-electron chi connectivity index (χ1n) is 7.41. The number of rotatable bonds is 5. The Morgan fingerprint density at radius 1 is 1.18 bits per heavy atom. The number of hydrogen-bond donors (Lipinski definition) is 1. The molecule has 1 rings (SSSR count). The van der Waals surface area contributed by atoms with Crippen molar-refractivity contribution in [1.82, 2.24) is 4.90 Å². The van der Waals surface area contributed by atoms with Crippen molar-refractivity contribution < 1.29 is 0 Å². The van der Waals surface area contributed by atoms with Crippen molar-refractivity contribution in [3.63, 3.8) is 0 Å². The smallest absolute Gasteiger partial charge is 0.00509 e. The van der Waals surface area contributed by atoms with Crippen LogP contribution in [0.15, 0.2) is 0 Å². The molecule has 0 aromatic heterocycles. The molecule has 1 atom stereocenters. The number of nitrogens with zero attached hydrogens (tertiary/aromatic N) is 1. The molecule has 1 saturated heterocycles. The van der Waals surface area contributed by atoms with Gasteiger partial charge in [-0.1, -0.05) is 34.1 Å². The summed E-state index contributed by atoms with van der Waals surface area (Å²) in [7, 11) is 0. The van der Waals surface area contributed by atoms with Gasteiger partial charge in [0.15, 0.2) is 0 Å². The van der Waals surface area contributed by atoms with E-state index in [0.717, 1.165) is 5.92 Å². The van der Waals surface area contributed by atoms with Gasteiger partial charge in [0.05, 0.1) is 0 Å². The fraction of sp³-hybridized carbons (Fsp3) is 1.00. The van der Waals surface area contributed by atoms with Gasteiger partial charge in [-0.3, -0.25) is 0 Å². The largest absolute Gasteiger partial charge is 0.328 e. The SMILES string of the molecule is CCCC(N)CCN1CCC(C(C)(C)C)CC1. The third-order valence-electron chi connectivity index (χ3n) is 4.29. The highest BCUT2D eigenvalue weighted by atomic mass is 15.1. The molecule has 0 saturated carbocycles. The summed E-state index contributed by atoms with van der Waals surface area (Å²) in [5, 5.41) is 0. The molecule has 2 heteroatoms. The molecular formula is C15H32N2. The number of likely N-dealkylation sites (tertiary alicyclic amines) is 1. The first kappa shape index (κ1) is 15.0. The molecule has 1 heterocycles. The molecule has 0 bridgehead atoms. The standard InChI is InChI=1S/C15H32N2/c1-5-6-14(16)9-12-17-10-7-13(8-11-17)15(2,3)4/h13-14H,5-12,16H2,1-4H3. The zero-order chi connectivity index (χ0) is 12.9. The van der Waals surface area contributed by atoms with Crippen molar-refractivity contribution in [2.75, 3.05) is 19.6 Å². The summed E-state index contributed by atoms with van der Waals surface area (Å²) >= 11 is 0. The van der Waals surface area contributed by atoms with E-state index in [2.05, 4.69) is 32.6 Å². The van der Waals surface area contributed by atoms with Crippen molar-refractivity contribution in [1.29, 1.82) is 0 Å². The molecule has 2 N–H and O–H groups in total. The second-order valence-corrected chi connectivity index (χ2v) is 6.82. The summed E-state index contributed by atoms with van der Waals surface area (Å²) in [6.07, 6.45) is 6.30. The minimum Gasteiger partial charge on any atom is -0.328 e. The van der Waals surface area contributed by atoms with Crippen LogP contribution in [-0.4, -0.2) is 30.6 Å². The van der Waals surface area contributed by atoms with E-state index in [4.69, 9.17) is 5.73 Å². The average molecular weight is 240 g/mol. The lowest BCUT2D eigenvalue weighted by Crippen LogP contribution is -2.39. The van der Waals surface area contributed by atoms with Crippen LogP contribution in [-0.2, 0) is 0 Å². The highest BCUT2D eigenvalue weighted by molar-refractivity contribution is 4.81. The molecule has 2 nitrogen and oxygen atoms in total. The second-order valence-electron chi connectivity index (χ2n) is 6.82. The predicted octanol–water partition coefficient (Wildman–Crippen LogP) is 3.26. The Kier molecular flexibility index (Phi) is 5.94. The normalized spacial score (nSPS) is 21.7. The van der Waals surface area contributed by atoms with Crippen LogP contribution in [0.1, 0.15) is 59.8 Å². The average Bonchev–Trinajstić information content (AvgIpc) is 2.26. The highest BCUT2D eigenvalue weighted by Crippen LogP contribution is 2.34. The van der Waals surface area contributed by atoms with Crippen molar-refractivity contribution >= 4 is 0 Å². The van der Waals surface area contributed by atoms with Crippen molar-refractivity contribution in [2.24, 2.45) is 17.1 Å². The lowest BCUT2D eigenvalue weighted by atomic mass is 9.75. The molecule has 1 fully saturated rings. The number of piperidine rings is 1. The van der Waals surface area contributed by atoms with Crippen molar-refractivity contribution in [3.8, 4) is 0 Å². The fourth-order valence-corrected chi connectivity index (χ4v) is 2.89. The minimum atomic E-state index is 0.417. The highest BCUT2D eigenvalue weighted by Gasteiger charge is 2.28. The van der Waals surface area contributed by atoms with Crippen LogP contribution in [0.25, 0.3) is 0 Å². The van der Waals surface area contributed by atoms with Gasteiger partial charge in [-0.2, -0.15) is 0 Å². The summed E-state index contributed by atoms with van der Waals surface area (Å²) in [4.78, 5) is 2.61. The van der Waals surface area contributed by atoms with Crippen LogP contribution in [0.5, 0.6) is 0 Å².